The van der Waals surface area contributed by atoms with Gasteiger partial charge in [0.2, 0.25) is 12.5 Å². The second-order valence-corrected chi connectivity index (χ2v) is 8.00. The highest BCUT2D eigenvalue weighted by Gasteiger charge is 2.41. The molecular weight excluding hydrogens is 524 g/mol. The van der Waals surface area contributed by atoms with Crippen molar-refractivity contribution in [2.45, 2.75) is 13.0 Å². The van der Waals surface area contributed by atoms with Gasteiger partial charge in [-0.25, -0.2) is 5.43 Å². The molecule has 1 aromatic carbocycles. The molecule has 0 radical (unpaired) electrons. The zero-order valence-electron chi connectivity index (χ0n) is 15.9. The van der Waals surface area contributed by atoms with E-state index in [0.29, 0.717) is 31.8 Å². The minimum Gasteiger partial charge on any atom is -0.492 e. The summed E-state index contributed by atoms with van der Waals surface area (Å²) in [6, 6.07) is 3.60. The summed E-state index contributed by atoms with van der Waals surface area (Å²) in [5, 5.41) is 7.95. The van der Waals surface area contributed by atoms with E-state index in [-0.39, 0.29) is 18.4 Å². The Balaban J connectivity index is 1.54. The van der Waals surface area contributed by atoms with Gasteiger partial charge in [0, 0.05) is 23.5 Å². The van der Waals surface area contributed by atoms with E-state index in [1.807, 2.05) is 13.0 Å². The van der Waals surface area contributed by atoms with Crippen LogP contribution in [-0.4, -0.2) is 36.7 Å². The molecule has 1 N–H and O–H groups in total. The average Bonchev–Trinajstić information content (AvgIpc) is 3.37. The van der Waals surface area contributed by atoms with Crippen molar-refractivity contribution in [2.75, 3.05) is 13.9 Å². The molecule has 0 spiro atoms. The van der Waals surface area contributed by atoms with Gasteiger partial charge in [-0.1, -0.05) is 18.1 Å². The zero-order valence-corrected chi connectivity index (χ0v) is 19.1. The summed E-state index contributed by atoms with van der Waals surface area (Å²) in [7, 11) is 1.54. The maximum atomic E-state index is 12.6. The summed E-state index contributed by atoms with van der Waals surface area (Å²) in [4.78, 5) is 22.2. The summed E-state index contributed by atoms with van der Waals surface area (Å²) in [5.41, 5.74) is 4.15. The van der Waals surface area contributed by atoms with E-state index in [9.17, 15) is 4.79 Å². The van der Waals surface area contributed by atoms with Crippen LogP contribution in [0.4, 0.5) is 0 Å². The second kappa shape index (κ2) is 8.60. The second-order valence-electron chi connectivity index (χ2n) is 6.42. The monoisotopic (exact) mass is 538 g/mol. The lowest BCUT2D eigenvalue weighted by atomic mass is 9.93. The Hall–Kier alpha value is -2.66. The fourth-order valence-corrected chi connectivity index (χ4v) is 4.89. The molecule has 2 aromatic rings. The Bertz CT molecular complexity index is 1050. The molecule has 2 aliphatic rings. The number of nitrogens with zero attached hydrogens (tertiary/aromatic N) is 3. The third-order valence-electron chi connectivity index (χ3n) is 4.63. The highest BCUT2D eigenvalue weighted by Crippen LogP contribution is 2.55. The normalized spacial score (nSPS) is 19.5. The van der Waals surface area contributed by atoms with Crippen molar-refractivity contribution in [1.29, 1.82) is 0 Å². The zero-order chi connectivity index (χ0) is 21.3. The number of rotatable bonds is 5. The Morgan fingerprint density at radius 1 is 1.33 bits per heavy atom. The maximum Gasteiger partial charge on any atom is 0.289 e. The highest BCUT2D eigenvalue weighted by molar-refractivity contribution is 9.11. The molecule has 2 atom stereocenters. The summed E-state index contributed by atoms with van der Waals surface area (Å²) < 4.78 is 17.8. The average molecular weight is 540 g/mol. The summed E-state index contributed by atoms with van der Waals surface area (Å²) in [5.74, 6) is 0.672. The molecule has 0 saturated carbocycles. The number of amides is 1. The molecular formula is C19H16Br2N4O5. The van der Waals surface area contributed by atoms with Crippen LogP contribution in [0.5, 0.6) is 17.2 Å². The van der Waals surface area contributed by atoms with E-state index >= 15 is 0 Å². The number of aromatic nitrogens is 1. The number of carbonyl (C=O) groups is 1. The molecule has 0 saturated heterocycles. The van der Waals surface area contributed by atoms with E-state index in [4.69, 9.17) is 19.0 Å². The fourth-order valence-electron chi connectivity index (χ4n) is 3.14. The van der Waals surface area contributed by atoms with E-state index in [1.54, 1.807) is 18.5 Å². The third kappa shape index (κ3) is 3.63. The lowest BCUT2D eigenvalue weighted by Gasteiger charge is -2.20. The quantitative estimate of drug-likeness (QED) is 0.460. The Labute approximate surface area is 188 Å². The largest absolute Gasteiger partial charge is 0.492 e. The number of pyridine rings is 1. The smallest absolute Gasteiger partial charge is 0.289 e. The Morgan fingerprint density at radius 2 is 2.13 bits per heavy atom. The number of oxime groups is 1. The van der Waals surface area contributed by atoms with Gasteiger partial charge in [0.15, 0.2) is 23.3 Å². The Morgan fingerprint density at radius 3 is 2.87 bits per heavy atom. The number of hydrazone groups is 1. The van der Waals surface area contributed by atoms with E-state index in [1.165, 1.54) is 13.3 Å². The minimum absolute atomic E-state index is 0.0837. The molecule has 4 rings (SSSR count). The molecule has 3 heterocycles. The van der Waals surface area contributed by atoms with Crippen molar-refractivity contribution in [3.8, 4) is 17.2 Å². The van der Waals surface area contributed by atoms with Crippen LogP contribution < -0.4 is 19.6 Å². The van der Waals surface area contributed by atoms with Gasteiger partial charge >= 0.3 is 0 Å². The van der Waals surface area contributed by atoms with Crippen molar-refractivity contribution in [3.63, 3.8) is 0 Å². The van der Waals surface area contributed by atoms with Gasteiger partial charge in [0.05, 0.1) is 28.2 Å². The van der Waals surface area contributed by atoms with Crippen LogP contribution >= 0.6 is 31.9 Å². The van der Waals surface area contributed by atoms with Crippen LogP contribution in [0, 0.1) is 5.92 Å². The molecule has 9 nitrogen and oxygen atoms in total. The predicted octanol–water partition coefficient (Wildman–Crippen LogP) is 3.56. The summed E-state index contributed by atoms with van der Waals surface area (Å²) in [6.45, 7) is 1.93. The van der Waals surface area contributed by atoms with Gasteiger partial charge in [0.25, 0.3) is 5.91 Å². The number of benzene rings is 1. The van der Waals surface area contributed by atoms with Gasteiger partial charge in [-0.3, -0.25) is 9.78 Å². The molecule has 0 fully saturated rings. The lowest BCUT2D eigenvalue weighted by Crippen LogP contribution is -2.31. The highest BCUT2D eigenvalue weighted by atomic mass is 79.9. The SMILES string of the molecule is COc1c(Br)c(C2ON=C(C(=O)N/N=C/c3cccnc3)C2C)c(Br)c2c1OCO2. The van der Waals surface area contributed by atoms with Crippen LogP contribution in [0.25, 0.3) is 0 Å². The number of nitrogens with one attached hydrogen (secondary N) is 1. The van der Waals surface area contributed by atoms with Crippen molar-refractivity contribution < 1.29 is 23.8 Å². The number of carbonyl (C=O) groups excluding carboxylic acids is 1. The molecule has 30 heavy (non-hydrogen) atoms. The standard InChI is InChI=1S/C19H16Br2N4O5/c1-9-14(19(26)24-23-7-10-4-3-5-22-6-10)25-30-15(9)11-12(20)16(27-2)18-17(13(11)21)28-8-29-18/h3-7,9,15H,8H2,1-2H3,(H,24,26)/b23-7+. The van der Waals surface area contributed by atoms with Crippen LogP contribution in [0.3, 0.4) is 0 Å². The van der Waals surface area contributed by atoms with Crippen LogP contribution in [0.2, 0.25) is 0 Å². The molecule has 11 heteroatoms. The predicted molar refractivity (Wildman–Crippen MR) is 115 cm³/mol. The lowest BCUT2D eigenvalue weighted by molar-refractivity contribution is -0.115. The van der Waals surface area contributed by atoms with Crippen molar-refractivity contribution >= 4 is 49.7 Å². The molecule has 2 aliphatic heterocycles. The van der Waals surface area contributed by atoms with E-state index in [0.717, 1.165) is 5.56 Å². The first kappa shape index (κ1) is 20.6. The molecule has 0 aliphatic carbocycles. The first-order chi connectivity index (χ1) is 14.5. The van der Waals surface area contributed by atoms with E-state index < -0.39 is 12.0 Å². The van der Waals surface area contributed by atoms with E-state index in [2.05, 4.69) is 52.5 Å². The van der Waals surface area contributed by atoms with Gasteiger partial charge in [-0.15, -0.1) is 0 Å². The molecule has 1 aromatic heterocycles. The fraction of sp³-hybridized carbons (Fsp3) is 0.263. The number of halogens is 2. The molecule has 0 bridgehead atoms. The minimum atomic E-state index is -0.555. The van der Waals surface area contributed by atoms with Gasteiger partial charge in [0.1, 0.15) is 0 Å². The van der Waals surface area contributed by atoms with Crippen molar-refractivity contribution in [3.05, 3.63) is 44.6 Å². The molecule has 2 unspecified atom stereocenters. The van der Waals surface area contributed by atoms with Crippen LogP contribution in [0.1, 0.15) is 24.2 Å². The summed E-state index contributed by atoms with van der Waals surface area (Å²) >= 11 is 7.11. The van der Waals surface area contributed by atoms with Gasteiger partial charge < -0.3 is 19.0 Å². The topological polar surface area (TPSA) is 104 Å². The first-order valence-corrected chi connectivity index (χ1v) is 10.4. The third-order valence-corrected chi connectivity index (χ3v) is 6.20. The Kier molecular flexibility index (Phi) is 5.91. The van der Waals surface area contributed by atoms with Gasteiger partial charge in [-0.2, -0.15) is 5.10 Å². The maximum absolute atomic E-state index is 12.6. The number of ether oxygens (including phenoxy) is 3. The number of hydrogen-bond acceptors (Lipinski definition) is 8. The summed E-state index contributed by atoms with van der Waals surface area (Å²) in [6.07, 6.45) is 4.23. The van der Waals surface area contributed by atoms with Crippen molar-refractivity contribution in [2.24, 2.45) is 16.2 Å². The number of methoxy groups -OCH3 is 1. The van der Waals surface area contributed by atoms with Crippen LogP contribution in [-0.2, 0) is 9.63 Å². The number of fused-ring (bicyclic) bond motifs is 1. The molecule has 156 valence electrons. The number of hydrogen-bond donors (Lipinski definition) is 1. The van der Waals surface area contributed by atoms with Crippen molar-refractivity contribution in [1.82, 2.24) is 10.4 Å². The van der Waals surface area contributed by atoms with Crippen LogP contribution in [0.15, 0.2) is 43.7 Å². The first-order valence-electron chi connectivity index (χ1n) is 8.84. The van der Waals surface area contributed by atoms with Gasteiger partial charge in [-0.05, 0) is 37.9 Å². The molecule has 1 amide bonds.